The molecule has 4 aromatic heterocycles. The second-order valence-corrected chi connectivity index (χ2v) is 8.41. The Morgan fingerprint density at radius 3 is 2.83 bits per heavy atom. The van der Waals surface area contributed by atoms with E-state index in [9.17, 15) is 19.1 Å². The number of amides is 1. The Balaban J connectivity index is 1.86. The Hall–Kier alpha value is -4.41. The quantitative estimate of drug-likeness (QED) is 0.456. The zero-order chi connectivity index (χ0) is 24.5. The first-order valence-corrected chi connectivity index (χ1v) is 11.2. The lowest BCUT2D eigenvalue weighted by Gasteiger charge is -2.16. The molecule has 10 nitrogen and oxygen atoms in total. The molecule has 178 valence electrons. The fourth-order valence-corrected chi connectivity index (χ4v) is 4.10. The zero-order valence-electron chi connectivity index (χ0n) is 18.8. The molecule has 5 heterocycles. The number of hydrogen-bond acceptors (Lipinski definition) is 7. The number of hydrogen-bond donors (Lipinski definition) is 2. The third-order valence-corrected chi connectivity index (χ3v) is 5.97. The van der Waals surface area contributed by atoms with Gasteiger partial charge in [-0.2, -0.15) is 5.10 Å². The summed E-state index contributed by atoms with van der Waals surface area (Å²) in [5.41, 5.74) is 1.40. The van der Waals surface area contributed by atoms with Crippen molar-refractivity contribution in [3.05, 3.63) is 71.0 Å². The monoisotopic (exact) mass is 475 g/mol. The van der Waals surface area contributed by atoms with Gasteiger partial charge in [-0.3, -0.25) is 14.6 Å². The highest BCUT2D eigenvalue weighted by atomic mass is 19.1. The molecule has 0 saturated heterocycles. The number of aromatic nitrogens is 6. The summed E-state index contributed by atoms with van der Waals surface area (Å²) in [4.78, 5) is 38.0. The maximum atomic E-state index is 14.9. The number of anilines is 1. The molecule has 0 aromatic carbocycles. The van der Waals surface area contributed by atoms with Crippen molar-refractivity contribution in [2.24, 2.45) is 5.92 Å². The van der Waals surface area contributed by atoms with E-state index in [1.165, 1.54) is 23.2 Å². The molecule has 5 rings (SSSR count). The van der Waals surface area contributed by atoms with Gasteiger partial charge >= 0.3 is 0 Å². The van der Waals surface area contributed by atoms with E-state index in [-0.39, 0.29) is 29.0 Å². The predicted octanol–water partition coefficient (Wildman–Crippen LogP) is 3.02. The van der Waals surface area contributed by atoms with Crippen LogP contribution < -0.4 is 10.9 Å². The second kappa shape index (κ2) is 9.09. The third-order valence-electron chi connectivity index (χ3n) is 5.97. The van der Waals surface area contributed by atoms with Crippen LogP contribution in [-0.2, 0) is 11.2 Å². The number of nitrogens with zero attached hydrogens (tertiary/aromatic N) is 6. The topological polar surface area (TPSA) is 128 Å². The van der Waals surface area contributed by atoms with Gasteiger partial charge in [-0.15, -0.1) is 0 Å². The van der Waals surface area contributed by atoms with Crippen molar-refractivity contribution in [2.75, 3.05) is 5.32 Å². The molecule has 1 aliphatic heterocycles. The lowest BCUT2D eigenvalue weighted by atomic mass is 10.00. The second-order valence-electron chi connectivity index (χ2n) is 8.41. The number of carbonyl (C=O) groups is 1. The first kappa shape index (κ1) is 22.4. The molecule has 1 unspecified atom stereocenters. The van der Waals surface area contributed by atoms with E-state index in [0.29, 0.717) is 17.7 Å². The van der Waals surface area contributed by atoms with Crippen LogP contribution in [0.3, 0.4) is 0 Å². The van der Waals surface area contributed by atoms with Crippen LogP contribution in [0.5, 0.6) is 5.88 Å². The first-order valence-electron chi connectivity index (χ1n) is 11.2. The number of aryl methyl sites for hydroxylation is 1. The molecular formula is C24H22FN7O3. The van der Waals surface area contributed by atoms with Crippen LogP contribution in [0.1, 0.15) is 31.9 Å². The number of pyridine rings is 2. The Labute approximate surface area is 199 Å². The fraction of sp³-hybridized carbons (Fsp3) is 0.250. The molecule has 35 heavy (non-hydrogen) atoms. The van der Waals surface area contributed by atoms with Crippen molar-refractivity contribution in [3.63, 3.8) is 0 Å². The Kier molecular flexibility index (Phi) is 5.81. The molecule has 2 bridgehead atoms. The Bertz CT molecular complexity index is 1480. The van der Waals surface area contributed by atoms with Gasteiger partial charge in [0.1, 0.15) is 23.4 Å². The maximum Gasteiger partial charge on any atom is 0.259 e. The molecule has 2 N–H and O–H groups in total. The number of halogens is 1. The lowest BCUT2D eigenvalue weighted by Crippen LogP contribution is -2.25. The Morgan fingerprint density at radius 1 is 1.14 bits per heavy atom. The van der Waals surface area contributed by atoms with E-state index in [1.807, 2.05) is 13.0 Å². The zero-order valence-corrected chi connectivity index (χ0v) is 18.8. The van der Waals surface area contributed by atoms with Crippen LogP contribution in [0.15, 0.2) is 54.0 Å². The normalized spacial score (nSPS) is 16.1. The minimum atomic E-state index is -0.783. The highest BCUT2D eigenvalue weighted by Crippen LogP contribution is 2.36. The highest BCUT2D eigenvalue weighted by Gasteiger charge is 2.27. The summed E-state index contributed by atoms with van der Waals surface area (Å²) in [6.45, 7) is 1.83. The summed E-state index contributed by atoms with van der Waals surface area (Å²) >= 11 is 0. The van der Waals surface area contributed by atoms with E-state index in [0.717, 1.165) is 41.9 Å². The summed E-state index contributed by atoms with van der Waals surface area (Å²) in [6.07, 6.45) is 8.24. The number of nitrogens with one attached hydrogen (secondary N) is 1. The van der Waals surface area contributed by atoms with Crippen LogP contribution in [0, 0.1) is 11.7 Å². The molecule has 11 heteroatoms. The van der Waals surface area contributed by atoms with E-state index in [4.69, 9.17) is 0 Å². The van der Waals surface area contributed by atoms with Crippen LogP contribution in [0.2, 0.25) is 0 Å². The summed E-state index contributed by atoms with van der Waals surface area (Å²) in [6, 6.07) is 5.94. The van der Waals surface area contributed by atoms with Gasteiger partial charge in [0.05, 0.1) is 6.20 Å². The van der Waals surface area contributed by atoms with Crippen molar-refractivity contribution in [1.82, 2.24) is 29.3 Å². The van der Waals surface area contributed by atoms with E-state index in [2.05, 4.69) is 25.4 Å². The van der Waals surface area contributed by atoms with E-state index >= 15 is 0 Å². The molecule has 0 saturated carbocycles. The molecule has 0 aliphatic carbocycles. The van der Waals surface area contributed by atoms with E-state index < -0.39 is 17.3 Å². The van der Waals surface area contributed by atoms with Gasteiger partial charge in [-0.1, -0.05) is 13.3 Å². The average molecular weight is 475 g/mol. The van der Waals surface area contributed by atoms with Gasteiger partial charge in [-0.05, 0) is 31.4 Å². The molecule has 4 aromatic rings. The number of carbonyl (C=O) groups excluding carboxylic acids is 1. The van der Waals surface area contributed by atoms with Crippen molar-refractivity contribution < 1.29 is 14.3 Å². The van der Waals surface area contributed by atoms with Gasteiger partial charge in [0.15, 0.2) is 11.6 Å². The number of rotatable bonds is 2. The molecule has 0 spiro atoms. The van der Waals surface area contributed by atoms with Gasteiger partial charge in [0, 0.05) is 41.7 Å². The largest absolute Gasteiger partial charge is 0.493 e. The summed E-state index contributed by atoms with van der Waals surface area (Å²) < 4.78 is 17.3. The number of fused-ring (bicyclic) bond motifs is 4. The minimum Gasteiger partial charge on any atom is -0.493 e. The maximum absolute atomic E-state index is 14.9. The van der Waals surface area contributed by atoms with E-state index in [1.54, 1.807) is 12.3 Å². The summed E-state index contributed by atoms with van der Waals surface area (Å²) in [5, 5.41) is 17.5. The minimum absolute atomic E-state index is 0.0681. The molecular weight excluding hydrogens is 453 g/mol. The van der Waals surface area contributed by atoms with Gasteiger partial charge < -0.3 is 10.4 Å². The molecule has 1 atom stereocenters. The van der Waals surface area contributed by atoms with Crippen molar-refractivity contribution in [1.29, 1.82) is 0 Å². The third kappa shape index (κ3) is 4.27. The smallest absolute Gasteiger partial charge is 0.259 e. The molecule has 0 fully saturated rings. The SMILES string of the molecule is CC1CCCCc2cc(ccn2)-c2nn(-c3cc(O)ncc3F)c(-n3cnccc3=O)c2NC1=O. The summed E-state index contributed by atoms with van der Waals surface area (Å²) in [5.74, 6) is -1.71. The van der Waals surface area contributed by atoms with Gasteiger partial charge in [0.2, 0.25) is 11.8 Å². The van der Waals surface area contributed by atoms with Crippen LogP contribution in [0.4, 0.5) is 10.1 Å². The van der Waals surface area contributed by atoms with Crippen molar-refractivity contribution >= 4 is 11.6 Å². The van der Waals surface area contributed by atoms with Gasteiger partial charge in [-0.25, -0.2) is 23.6 Å². The summed E-state index contributed by atoms with van der Waals surface area (Å²) in [7, 11) is 0. The predicted molar refractivity (Wildman–Crippen MR) is 125 cm³/mol. The van der Waals surface area contributed by atoms with Crippen LogP contribution >= 0.6 is 0 Å². The lowest BCUT2D eigenvalue weighted by molar-refractivity contribution is -0.119. The number of aromatic hydroxyl groups is 1. The van der Waals surface area contributed by atoms with Crippen LogP contribution in [0.25, 0.3) is 22.8 Å². The van der Waals surface area contributed by atoms with Crippen molar-refractivity contribution in [3.8, 4) is 28.6 Å². The highest BCUT2D eigenvalue weighted by molar-refractivity contribution is 5.98. The first-order chi connectivity index (χ1) is 16.9. The Morgan fingerprint density at radius 2 is 2.00 bits per heavy atom. The fourth-order valence-electron chi connectivity index (χ4n) is 4.10. The van der Waals surface area contributed by atoms with Crippen LogP contribution in [-0.4, -0.2) is 40.3 Å². The van der Waals surface area contributed by atoms with Crippen molar-refractivity contribution in [2.45, 2.75) is 32.6 Å². The molecule has 1 amide bonds. The molecule has 0 radical (unpaired) electrons. The molecule has 1 aliphatic rings. The average Bonchev–Trinajstić information content (AvgIpc) is 3.21. The standard InChI is InChI=1S/C24H22FN7O3/c1-14-4-2-3-5-16-10-15(6-9-27-16)21-22(29-23(14)35)24(31-13-26-8-7-20(31)34)32(30-21)18-11-19(33)28-12-17(18)25/h6-14H,2-5H2,1H3,(H,28,33)(H,29,35). The van der Waals surface area contributed by atoms with Gasteiger partial charge in [0.25, 0.3) is 5.56 Å².